The normalized spacial score (nSPS) is 10.8. The van der Waals surface area contributed by atoms with Crippen molar-refractivity contribution >= 4 is 33.2 Å². The number of nitrogens with two attached hydrogens (primary N) is 1. The maximum Gasteiger partial charge on any atom is 0.262 e. The summed E-state index contributed by atoms with van der Waals surface area (Å²) in [6, 6.07) is 9.65. The van der Waals surface area contributed by atoms with Crippen molar-refractivity contribution in [3.63, 3.8) is 0 Å². The highest BCUT2D eigenvalue weighted by Crippen LogP contribution is 2.30. The van der Waals surface area contributed by atoms with Crippen molar-refractivity contribution in [2.75, 3.05) is 17.7 Å². The van der Waals surface area contributed by atoms with E-state index in [4.69, 9.17) is 10.5 Å². The predicted octanol–water partition coefficient (Wildman–Crippen LogP) is 4.79. The van der Waals surface area contributed by atoms with E-state index in [1.807, 2.05) is 32.0 Å². The largest absolute Gasteiger partial charge is 0.483 e. The molecule has 0 aliphatic rings. The number of halogens is 1. The van der Waals surface area contributed by atoms with E-state index in [1.165, 1.54) is 0 Å². The molecule has 1 amide bonds. The van der Waals surface area contributed by atoms with Crippen LogP contribution < -0.4 is 15.8 Å². The number of amides is 1. The van der Waals surface area contributed by atoms with Crippen molar-refractivity contribution in [3.05, 3.63) is 51.5 Å². The van der Waals surface area contributed by atoms with Crippen LogP contribution in [0.5, 0.6) is 5.75 Å². The molecule has 0 aliphatic heterocycles. The van der Waals surface area contributed by atoms with Crippen molar-refractivity contribution in [2.24, 2.45) is 0 Å². The van der Waals surface area contributed by atoms with Gasteiger partial charge in [-0.25, -0.2) is 0 Å². The summed E-state index contributed by atoms with van der Waals surface area (Å²) in [4.78, 5) is 12.3. The van der Waals surface area contributed by atoms with Crippen LogP contribution in [0.1, 0.15) is 36.5 Å². The van der Waals surface area contributed by atoms with Gasteiger partial charge in [-0.05, 0) is 70.6 Å². The van der Waals surface area contributed by atoms with Gasteiger partial charge in [0, 0.05) is 10.2 Å². The number of carbonyl (C=O) groups excluding carboxylic acids is 1. The van der Waals surface area contributed by atoms with E-state index in [0.29, 0.717) is 17.3 Å². The van der Waals surface area contributed by atoms with Gasteiger partial charge in [-0.2, -0.15) is 0 Å². The zero-order chi connectivity index (χ0) is 17.9. The van der Waals surface area contributed by atoms with Gasteiger partial charge < -0.3 is 15.8 Å². The van der Waals surface area contributed by atoms with Crippen LogP contribution in [-0.2, 0) is 4.79 Å². The number of aryl methyl sites for hydroxylation is 2. The van der Waals surface area contributed by atoms with Gasteiger partial charge in [-0.15, -0.1) is 0 Å². The zero-order valence-corrected chi connectivity index (χ0v) is 16.0. The van der Waals surface area contributed by atoms with Gasteiger partial charge in [0.2, 0.25) is 0 Å². The third-order valence-corrected chi connectivity index (χ3v) is 4.35. The van der Waals surface area contributed by atoms with Crippen LogP contribution in [-0.4, -0.2) is 12.5 Å². The first kappa shape index (κ1) is 18.3. The van der Waals surface area contributed by atoms with Crippen molar-refractivity contribution < 1.29 is 9.53 Å². The first-order valence-corrected chi connectivity index (χ1v) is 8.66. The van der Waals surface area contributed by atoms with Crippen molar-refractivity contribution in [1.82, 2.24) is 0 Å². The molecule has 3 N–H and O–H groups in total. The van der Waals surface area contributed by atoms with E-state index in [9.17, 15) is 4.79 Å². The van der Waals surface area contributed by atoms with Crippen LogP contribution in [0, 0.1) is 13.8 Å². The lowest BCUT2D eigenvalue weighted by atomic mass is 10.0. The summed E-state index contributed by atoms with van der Waals surface area (Å²) in [5, 5.41) is 2.87. The molecule has 0 unspecified atom stereocenters. The Hall–Kier alpha value is -2.01. The fourth-order valence-electron chi connectivity index (χ4n) is 2.49. The highest BCUT2D eigenvalue weighted by molar-refractivity contribution is 9.10. The highest BCUT2D eigenvalue weighted by atomic mass is 79.9. The third kappa shape index (κ3) is 4.51. The number of hydrogen-bond donors (Lipinski definition) is 2. The Morgan fingerprint density at radius 3 is 2.58 bits per heavy atom. The van der Waals surface area contributed by atoms with Crippen molar-refractivity contribution in [1.29, 1.82) is 0 Å². The molecule has 0 heterocycles. The molecule has 128 valence electrons. The van der Waals surface area contributed by atoms with Gasteiger partial charge in [0.15, 0.2) is 6.61 Å². The Morgan fingerprint density at radius 2 is 1.96 bits per heavy atom. The highest BCUT2D eigenvalue weighted by Gasteiger charge is 2.13. The Bertz CT molecular complexity index is 734. The second-order valence-electron chi connectivity index (χ2n) is 6.23. The number of rotatable bonds is 5. The molecule has 0 fully saturated rings. The Morgan fingerprint density at radius 1 is 1.25 bits per heavy atom. The molecule has 0 aromatic heterocycles. The Balaban J connectivity index is 2.08. The van der Waals surface area contributed by atoms with Gasteiger partial charge >= 0.3 is 0 Å². The van der Waals surface area contributed by atoms with Crippen molar-refractivity contribution in [3.8, 4) is 5.75 Å². The average molecular weight is 391 g/mol. The van der Waals surface area contributed by atoms with Crippen LogP contribution in [0.4, 0.5) is 11.4 Å². The van der Waals surface area contributed by atoms with E-state index < -0.39 is 0 Å². The Kier molecular flexibility index (Phi) is 5.89. The summed E-state index contributed by atoms with van der Waals surface area (Å²) in [6.45, 7) is 8.07. The number of nitrogens with one attached hydrogen (secondary N) is 1. The fourth-order valence-corrected chi connectivity index (χ4v) is 3.17. The van der Waals surface area contributed by atoms with Gasteiger partial charge in [0.25, 0.3) is 5.91 Å². The summed E-state index contributed by atoms with van der Waals surface area (Å²) in [5.41, 5.74) is 10.2. The average Bonchev–Trinajstić information content (AvgIpc) is 2.48. The number of benzene rings is 2. The monoisotopic (exact) mass is 390 g/mol. The quantitative estimate of drug-likeness (QED) is 0.721. The fraction of sp³-hybridized carbons (Fsp3) is 0.316. The molecular formula is C19H23BrN2O2. The van der Waals surface area contributed by atoms with Gasteiger partial charge in [-0.1, -0.05) is 26.0 Å². The number of hydrogen-bond acceptors (Lipinski definition) is 3. The molecule has 0 saturated carbocycles. The maximum atomic E-state index is 12.3. The van der Waals surface area contributed by atoms with Gasteiger partial charge in [0.1, 0.15) is 5.75 Å². The summed E-state index contributed by atoms with van der Waals surface area (Å²) < 4.78 is 6.52. The van der Waals surface area contributed by atoms with E-state index in [1.54, 1.807) is 6.07 Å². The van der Waals surface area contributed by atoms with Gasteiger partial charge in [-0.3, -0.25) is 4.79 Å². The lowest BCUT2D eigenvalue weighted by Crippen LogP contribution is -2.21. The van der Waals surface area contributed by atoms with Crippen LogP contribution >= 0.6 is 15.9 Å². The molecule has 2 rings (SSSR count). The minimum Gasteiger partial charge on any atom is -0.483 e. The molecule has 5 heteroatoms. The second-order valence-corrected chi connectivity index (χ2v) is 7.08. The third-order valence-electron chi connectivity index (χ3n) is 3.72. The lowest BCUT2D eigenvalue weighted by molar-refractivity contribution is -0.118. The van der Waals surface area contributed by atoms with E-state index >= 15 is 0 Å². The number of carbonyl (C=O) groups is 1. The van der Waals surface area contributed by atoms with Crippen LogP contribution in [0.2, 0.25) is 0 Å². The minimum absolute atomic E-state index is 0.0422. The summed E-state index contributed by atoms with van der Waals surface area (Å²) in [7, 11) is 0. The SMILES string of the molecule is Cc1ccc(C(C)C)c(OCC(=O)Nc2c(C)cc(N)cc2Br)c1. The summed E-state index contributed by atoms with van der Waals surface area (Å²) in [6.07, 6.45) is 0. The molecule has 2 aromatic carbocycles. The molecule has 0 radical (unpaired) electrons. The molecule has 0 aliphatic carbocycles. The van der Waals surface area contributed by atoms with Crippen LogP contribution in [0.15, 0.2) is 34.8 Å². The maximum absolute atomic E-state index is 12.3. The Labute approximate surface area is 151 Å². The summed E-state index contributed by atoms with van der Waals surface area (Å²) in [5.74, 6) is 0.880. The smallest absolute Gasteiger partial charge is 0.262 e. The van der Waals surface area contributed by atoms with Crippen LogP contribution in [0.3, 0.4) is 0 Å². The van der Waals surface area contributed by atoms with E-state index in [0.717, 1.165) is 26.9 Å². The number of ether oxygens (including phenoxy) is 1. The van der Waals surface area contributed by atoms with Crippen molar-refractivity contribution in [2.45, 2.75) is 33.6 Å². The standard InChI is InChI=1S/C19H23BrN2O2/c1-11(2)15-6-5-12(3)7-17(15)24-10-18(23)22-19-13(4)8-14(21)9-16(19)20/h5-9,11H,10,21H2,1-4H3,(H,22,23). The summed E-state index contributed by atoms with van der Waals surface area (Å²) >= 11 is 3.43. The van der Waals surface area contributed by atoms with Crippen LogP contribution in [0.25, 0.3) is 0 Å². The molecular weight excluding hydrogens is 368 g/mol. The van der Waals surface area contributed by atoms with E-state index in [2.05, 4.69) is 41.2 Å². The molecule has 0 saturated heterocycles. The molecule has 0 spiro atoms. The topological polar surface area (TPSA) is 64.3 Å². The lowest BCUT2D eigenvalue weighted by Gasteiger charge is -2.16. The predicted molar refractivity (Wildman–Crippen MR) is 103 cm³/mol. The number of nitrogen functional groups attached to an aromatic ring is 1. The molecule has 24 heavy (non-hydrogen) atoms. The minimum atomic E-state index is -0.209. The van der Waals surface area contributed by atoms with Gasteiger partial charge in [0.05, 0.1) is 5.69 Å². The second kappa shape index (κ2) is 7.71. The molecule has 2 aromatic rings. The molecule has 0 bridgehead atoms. The molecule has 0 atom stereocenters. The van der Waals surface area contributed by atoms with E-state index in [-0.39, 0.29) is 12.5 Å². The zero-order valence-electron chi connectivity index (χ0n) is 14.4. The first-order valence-electron chi connectivity index (χ1n) is 7.86. The number of anilines is 2. The first-order chi connectivity index (χ1) is 11.3. The molecule has 4 nitrogen and oxygen atoms in total.